The van der Waals surface area contributed by atoms with Crippen molar-refractivity contribution < 1.29 is 19.2 Å². The van der Waals surface area contributed by atoms with Gasteiger partial charge >= 0.3 is 6.03 Å². The predicted octanol–water partition coefficient (Wildman–Crippen LogP) is 1.79. The van der Waals surface area contributed by atoms with E-state index in [0.717, 1.165) is 44.1 Å². The second kappa shape index (κ2) is 8.14. The molecule has 0 radical (unpaired) electrons. The van der Waals surface area contributed by atoms with Gasteiger partial charge in [0.25, 0.3) is 0 Å². The van der Waals surface area contributed by atoms with Crippen LogP contribution in [0.4, 0.5) is 16.2 Å². The fraction of sp³-hybridized carbons (Fsp3) is 0.435. The molecule has 2 amide bonds. The van der Waals surface area contributed by atoms with Crippen molar-refractivity contribution in [3.63, 3.8) is 0 Å². The number of anilines is 2. The van der Waals surface area contributed by atoms with Crippen molar-refractivity contribution in [3.05, 3.63) is 59.7 Å². The SMILES string of the molecule is O=C(N1CCOCC1)N1c2ccccc2C[C@H]([NH+]2CCOCC2)c2ccccc21. The van der Waals surface area contributed by atoms with E-state index >= 15 is 0 Å². The van der Waals surface area contributed by atoms with Crippen molar-refractivity contribution in [1.29, 1.82) is 0 Å². The Hall–Kier alpha value is -2.41. The largest absolute Gasteiger partial charge is 0.378 e. The fourth-order valence-electron chi connectivity index (χ4n) is 4.80. The van der Waals surface area contributed by atoms with E-state index in [4.69, 9.17) is 9.47 Å². The summed E-state index contributed by atoms with van der Waals surface area (Å²) in [6, 6.07) is 17.2. The molecule has 6 heteroatoms. The quantitative estimate of drug-likeness (QED) is 0.802. The first-order valence-corrected chi connectivity index (χ1v) is 10.6. The molecular formula is C23H28N3O3+. The van der Waals surface area contributed by atoms with E-state index in [1.807, 2.05) is 21.9 Å². The van der Waals surface area contributed by atoms with Gasteiger partial charge in [-0.15, -0.1) is 0 Å². The molecule has 6 nitrogen and oxygen atoms in total. The third-order valence-electron chi connectivity index (χ3n) is 6.31. The minimum Gasteiger partial charge on any atom is -0.378 e. The highest BCUT2D eigenvalue weighted by molar-refractivity contribution is 6.01. The smallest absolute Gasteiger partial charge is 0.329 e. The van der Waals surface area contributed by atoms with Crippen molar-refractivity contribution in [2.75, 3.05) is 57.5 Å². The highest BCUT2D eigenvalue weighted by atomic mass is 16.5. The molecule has 152 valence electrons. The first-order chi connectivity index (χ1) is 14.3. The number of para-hydroxylation sites is 2. The zero-order valence-corrected chi connectivity index (χ0v) is 16.7. The summed E-state index contributed by atoms with van der Waals surface area (Å²) in [5.41, 5.74) is 4.50. The van der Waals surface area contributed by atoms with Crippen LogP contribution in [-0.2, 0) is 15.9 Å². The Balaban J connectivity index is 1.61. The van der Waals surface area contributed by atoms with Gasteiger partial charge in [-0.05, 0) is 17.7 Å². The van der Waals surface area contributed by atoms with Gasteiger partial charge in [0.05, 0.1) is 37.8 Å². The standard InChI is InChI=1S/C23H27N3O3/c27-23(25-11-15-29-16-12-25)26-20-7-3-1-5-18(20)17-22(24-9-13-28-14-10-24)19-6-2-4-8-21(19)26/h1-8,22H,9-17H2/p+1/t22-/m0/s1. The molecule has 2 saturated heterocycles. The number of nitrogens with zero attached hydrogens (tertiary/aromatic N) is 2. The summed E-state index contributed by atoms with van der Waals surface area (Å²) in [7, 11) is 0. The van der Waals surface area contributed by atoms with Crippen LogP contribution in [0.2, 0.25) is 0 Å². The second-order valence-electron chi connectivity index (χ2n) is 7.93. The number of urea groups is 1. The van der Waals surface area contributed by atoms with E-state index in [-0.39, 0.29) is 6.03 Å². The molecular weight excluding hydrogens is 366 g/mol. The Bertz CT molecular complexity index is 875. The molecule has 1 atom stereocenters. The Morgan fingerprint density at radius 3 is 2.31 bits per heavy atom. The molecule has 0 unspecified atom stereocenters. The minimum absolute atomic E-state index is 0.0471. The third-order valence-corrected chi connectivity index (χ3v) is 6.31. The van der Waals surface area contributed by atoms with E-state index < -0.39 is 0 Å². The lowest BCUT2D eigenvalue weighted by Crippen LogP contribution is -3.14. The van der Waals surface area contributed by atoms with E-state index in [9.17, 15) is 4.79 Å². The highest BCUT2D eigenvalue weighted by Gasteiger charge is 2.37. The number of fused-ring (bicyclic) bond motifs is 2. The van der Waals surface area contributed by atoms with Crippen LogP contribution in [-0.4, -0.2) is 63.5 Å². The van der Waals surface area contributed by atoms with Gasteiger partial charge in [-0.2, -0.15) is 0 Å². The number of amides is 2. The highest BCUT2D eigenvalue weighted by Crippen LogP contribution is 2.39. The Morgan fingerprint density at radius 1 is 0.862 bits per heavy atom. The number of morpholine rings is 2. The fourth-order valence-corrected chi connectivity index (χ4v) is 4.80. The zero-order valence-electron chi connectivity index (χ0n) is 16.7. The molecule has 29 heavy (non-hydrogen) atoms. The van der Waals surface area contributed by atoms with Crippen LogP contribution < -0.4 is 9.80 Å². The van der Waals surface area contributed by atoms with Crippen molar-refractivity contribution in [3.8, 4) is 0 Å². The van der Waals surface area contributed by atoms with Gasteiger partial charge in [0, 0.05) is 25.1 Å². The number of nitrogens with one attached hydrogen (secondary N) is 1. The summed E-state index contributed by atoms with van der Waals surface area (Å²) in [4.78, 5) is 19.1. The number of benzene rings is 2. The number of quaternary nitrogens is 1. The maximum atomic E-state index is 13.7. The lowest BCUT2D eigenvalue weighted by molar-refractivity contribution is -0.938. The number of carbonyl (C=O) groups excluding carboxylic acids is 1. The Labute approximate surface area is 171 Å². The summed E-state index contributed by atoms with van der Waals surface area (Å²) in [6.45, 7) is 6.07. The van der Waals surface area contributed by atoms with Crippen LogP contribution in [0.1, 0.15) is 17.2 Å². The Morgan fingerprint density at radius 2 is 1.52 bits per heavy atom. The molecule has 5 rings (SSSR count). The number of carbonyl (C=O) groups is 1. The first kappa shape index (κ1) is 18.6. The molecule has 0 bridgehead atoms. The predicted molar refractivity (Wildman–Crippen MR) is 111 cm³/mol. The summed E-state index contributed by atoms with van der Waals surface area (Å²) >= 11 is 0. The van der Waals surface area contributed by atoms with Crippen LogP contribution in [0.15, 0.2) is 48.5 Å². The topological polar surface area (TPSA) is 46.5 Å². The van der Waals surface area contributed by atoms with Crippen LogP contribution >= 0.6 is 0 Å². The number of hydrogen-bond donors (Lipinski definition) is 1. The van der Waals surface area contributed by atoms with E-state index in [1.165, 1.54) is 11.1 Å². The van der Waals surface area contributed by atoms with Gasteiger partial charge in [-0.1, -0.05) is 36.4 Å². The number of ether oxygens (including phenoxy) is 2. The molecule has 2 aromatic carbocycles. The van der Waals surface area contributed by atoms with Crippen molar-refractivity contribution in [2.24, 2.45) is 0 Å². The zero-order chi connectivity index (χ0) is 19.6. The van der Waals surface area contributed by atoms with Gasteiger partial charge in [0.2, 0.25) is 0 Å². The second-order valence-corrected chi connectivity index (χ2v) is 7.93. The van der Waals surface area contributed by atoms with Crippen molar-refractivity contribution >= 4 is 17.4 Å². The van der Waals surface area contributed by atoms with Crippen LogP contribution in [0, 0.1) is 0 Å². The average Bonchev–Trinajstić information content (AvgIpc) is 2.94. The lowest BCUT2D eigenvalue weighted by atomic mass is 9.97. The molecule has 3 heterocycles. The number of rotatable bonds is 1. The molecule has 0 aliphatic carbocycles. The molecule has 0 saturated carbocycles. The van der Waals surface area contributed by atoms with Crippen LogP contribution in [0.25, 0.3) is 0 Å². The molecule has 1 N–H and O–H groups in total. The van der Waals surface area contributed by atoms with Crippen LogP contribution in [0.3, 0.4) is 0 Å². The molecule has 0 spiro atoms. The maximum Gasteiger partial charge on any atom is 0.329 e. The summed E-state index contributed by atoms with van der Waals surface area (Å²) < 4.78 is 11.1. The van der Waals surface area contributed by atoms with Crippen molar-refractivity contribution in [1.82, 2.24) is 4.90 Å². The summed E-state index contributed by atoms with van der Waals surface area (Å²) in [5, 5.41) is 0. The van der Waals surface area contributed by atoms with Gasteiger partial charge in [0.15, 0.2) is 0 Å². The van der Waals surface area contributed by atoms with Gasteiger partial charge < -0.3 is 19.3 Å². The molecule has 3 aliphatic rings. The average molecular weight is 394 g/mol. The lowest BCUT2D eigenvalue weighted by Gasteiger charge is -2.34. The van der Waals surface area contributed by atoms with Gasteiger partial charge in [0.1, 0.15) is 19.1 Å². The van der Waals surface area contributed by atoms with E-state index in [0.29, 0.717) is 32.3 Å². The molecule has 2 aromatic rings. The van der Waals surface area contributed by atoms with Crippen molar-refractivity contribution in [2.45, 2.75) is 12.5 Å². The Kier molecular flexibility index (Phi) is 5.23. The third kappa shape index (κ3) is 3.52. The summed E-state index contributed by atoms with van der Waals surface area (Å²) in [5.74, 6) is 0. The van der Waals surface area contributed by atoms with Gasteiger partial charge in [-0.3, -0.25) is 4.90 Å². The molecule has 0 aromatic heterocycles. The van der Waals surface area contributed by atoms with E-state index in [2.05, 4.69) is 36.4 Å². The van der Waals surface area contributed by atoms with Crippen LogP contribution in [0.5, 0.6) is 0 Å². The van der Waals surface area contributed by atoms with E-state index in [1.54, 1.807) is 4.90 Å². The minimum atomic E-state index is 0.0471. The summed E-state index contributed by atoms with van der Waals surface area (Å²) in [6.07, 6.45) is 0.926. The monoisotopic (exact) mass is 394 g/mol. The number of hydrogen-bond acceptors (Lipinski definition) is 3. The van der Waals surface area contributed by atoms with Gasteiger partial charge in [-0.25, -0.2) is 4.79 Å². The maximum absolute atomic E-state index is 13.7. The normalized spacial score (nSPS) is 22.6. The first-order valence-electron chi connectivity index (χ1n) is 10.6. The molecule has 3 aliphatic heterocycles. The molecule has 2 fully saturated rings.